The van der Waals surface area contributed by atoms with E-state index in [0.717, 1.165) is 31.2 Å². The standard InChI is InChI=1S/C16H22FN3O/c1-10-2-3-11(17)6-15(10)19-16(21)9-20-13-4-5-14(20)8-12(18)7-13/h2-3,6,12-14H,4-5,7-9,18H2,1H3,(H,19,21). The molecular formula is C16H22FN3O. The molecule has 0 spiro atoms. The van der Waals surface area contributed by atoms with Crippen molar-refractivity contribution >= 4 is 11.6 Å². The van der Waals surface area contributed by atoms with Gasteiger partial charge in [0, 0.05) is 23.8 Å². The molecule has 3 rings (SSSR count). The number of amides is 1. The van der Waals surface area contributed by atoms with Crippen LogP contribution in [0.1, 0.15) is 31.2 Å². The monoisotopic (exact) mass is 291 g/mol. The number of nitrogens with one attached hydrogen (secondary N) is 1. The molecule has 0 aliphatic carbocycles. The molecular weight excluding hydrogens is 269 g/mol. The number of anilines is 1. The topological polar surface area (TPSA) is 58.4 Å². The smallest absolute Gasteiger partial charge is 0.238 e. The first-order valence-electron chi connectivity index (χ1n) is 7.60. The first-order chi connectivity index (χ1) is 10.0. The number of piperidine rings is 1. The quantitative estimate of drug-likeness (QED) is 0.896. The van der Waals surface area contributed by atoms with Gasteiger partial charge >= 0.3 is 0 Å². The summed E-state index contributed by atoms with van der Waals surface area (Å²) in [6.45, 7) is 2.23. The molecule has 2 bridgehead atoms. The Morgan fingerprint density at radius 3 is 2.71 bits per heavy atom. The number of carbonyl (C=O) groups excluding carboxylic acids is 1. The number of nitrogens with two attached hydrogens (primary N) is 1. The Kier molecular flexibility index (Phi) is 3.95. The lowest BCUT2D eigenvalue weighted by atomic mass is 9.98. The van der Waals surface area contributed by atoms with E-state index in [4.69, 9.17) is 5.73 Å². The van der Waals surface area contributed by atoms with Gasteiger partial charge in [-0.2, -0.15) is 0 Å². The van der Waals surface area contributed by atoms with Gasteiger partial charge in [0.2, 0.25) is 5.91 Å². The molecule has 0 aromatic heterocycles. The third-order valence-electron chi connectivity index (χ3n) is 4.72. The van der Waals surface area contributed by atoms with Crippen LogP contribution in [0.25, 0.3) is 0 Å². The molecule has 2 saturated heterocycles. The zero-order chi connectivity index (χ0) is 15.0. The molecule has 3 N–H and O–H groups in total. The van der Waals surface area contributed by atoms with Crippen molar-refractivity contribution in [1.82, 2.24) is 4.90 Å². The van der Waals surface area contributed by atoms with Crippen molar-refractivity contribution in [2.24, 2.45) is 5.73 Å². The van der Waals surface area contributed by atoms with Gasteiger partial charge in [-0.15, -0.1) is 0 Å². The van der Waals surface area contributed by atoms with Crippen LogP contribution in [0.5, 0.6) is 0 Å². The van der Waals surface area contributed by atoms with Crippen LogP contribution in [0.4, 0.5) is 10.1 Å². The second-order valence-electron chi connectivity index (χ2n) is 6.30. The number of nitrogens with zero attached hydrogens (tertiary/aromatic N) is 1. The second kappa shape index (κ2) is 5.73. The van der Waals surface area contributed by atoms with Gasteiger partial charge < -0.3 is 11.1 Å². The predicted molar refractivity (Wildman–Crippen MR) is 80.5 cm³/mol. The zero-order valence-electron chi connectivity index (χ0n) is 12.3. The zero-order valence-corrected chi connectivity index (χ0v) is 12.3. The van der Waals surface area contributed by atoms with E-state index in [9.17, 15) is 9.18 Å². The van der Waals surface area contributed by atoms with Gasteiger partial charge in [-0.05, 0) is 50.3 Å². The molecule has 2 aliphatic heterocycles. The molecule has 1 aromatic rings. The summed E-state index contributed by atoms with van der Waals surface area (Å²) in [4.78, 5) is 14.5. The molecule has 0 radical (unpaired) electrons. The summed E-state index contributed by atoms with van der Waals surface area (Å²) >= 11 is 0. The number of fused-ring (bicyclic) bond motifs is 2. The maximum atomic E-state index is 13.3. The van der Waals surface area contributed by atoms with Crippen LogP contribution in [0.15, 0.2) is 18.2 Å². The van der Waals surface area contributed by atoms with Crippen molar-refractivity contribution < 1.29 is 9.18 Å². The van der Waals surface area contributed by atoms with Gasteiger partial charge in [0.05, 0.1) is 6.54 Å². The number of rotatable bonds is 3. The Labute approximate surface area is 124 Å². The molecule has 2 fully saturated rings. The summed E-state index contributed by atoms with van der Waals surface area (Å²) in [5.74, 6) is -0.406. The summed E-state index contributed by atoms with van der Waals surface area (Å²) in [7, 11) is 0. The minimum absolute atomic E-state index is 0.0731. The number of aryl methyl sites for hydroxylation is 1. The molecule has 2 unspecified atom stereocenters. The van der Waals surface area contributed by atoms with Gasteiger partial charge in [-0.3, -0.25) is 9.69 Å². The normalized spacial score (nSPS) is 28.6. The summed E-state index contributed by atoms with van der Waals surface area (Å²) < 4.78 is 13.3. The third kappa shape index (κ3) is 3.09. The lowest BCUT2D eigenvalue weighted by Gasteiger charge is -2.37. The molecule has 2 heterocycles. The lowest BCUT2D eigenvalue weighted by Crippen LogP contribution is -2.49. The Morgan fingerprint density at radius 2 is 2.05 bits per heavy atom. The van der Waals surface area contributed by atoms with Gasteiger partial charge in [-0.25, -0.2) is 4.39 Å². The first kappa shape index (κ1) is 14.5. The largest absolute Gasteiger partial charge is 0.328 e. The van der Waals surface area contributed by atoms with Crippen LogP contribution in [-0.2, 0) is 4.79 Å². The molecule has 5 heteroatoms. The summed E-state index contributed by atoms with van der Waals surface area (Å²) in [5.41, 5.74) is 7.47. The van der Waals surface area contributed by atoms with E-state index in [0.29, 0.717) is 24.3 Å². The molecule has 114 valence electrons. The predicted octanol–water partition coefficient (Wildman–Crippen LogP) is 2.03. The number of benzene rings is 1. The summed E-state index contributed by atoms with van der Waals surface area (Å²) in [5, 5.41) is 2.83. The molecule has 0 saturated carbocycles. The fourth-order valence-corrected chi connectivity index (χ4v) is 3.66. The third-order valence-corrected chi connectivity index (χ3v) is 4.72. The molecule has 2 atom stereocenters. The van der Waals surface area contributed by atoms with E-state index < -0.39 is 0 Å². The molecule has 1 amide bonds. The van der Waals surface area contributed by atoms with E-state index >= 15 is 0 Å². The summed E-state index contributed by atoms with van der Waals surface area (Å²) in [6, 6.07) is 5.57. The van der Waals surface area contributed by atoms with E-state index in [1.807, 2.05) is 6.92 Å². The van der Waals surface area contributed by atoms with Gasteiger partial charge in [-0.1, -0.05) is 6.07 Å². The number of halogens is 1. The highest BCUT2D eigenvalue weighted by molar-refractivity contribution is 5.93. The molecule has 1 aromatic carbocycles. The number of hydrogen-bond donors (Lipinski definition) is 2. The fraction of sp³-hybridized carbons (Fsp3) is 0.562. The van der Waals surface area contributed by atoms with Crippen molar-refractivity contribution in [1.29, 1.82) is 0 Å². The van der Waals surface area contributed by atoms with Crippen molar-refractivity contribution in [2.75, 3.05) is 11.9 Å². The van der Waals surface area contributed by atoms with Gasteiger partial charge in [0.25, 0.3) is 0 Å². The van der Waals surface area contributed by atoms with Crippen molar-refractivity contribution in [3.05, 3.63) is 29.6 Å². The first-order valence-corrected chi connectivity index (χ1v) is 7.60. The highest BCUT2D eigenvalue weighted by Gasteiger charge is 2.40. The number of hydrogen-bond acceptors (Lipinski definition) is 3. The highest BCUT2D eigenvalue weighted by Crippen LogP contribution is 2.34. The molecule has 2 aliphatic rings. The van der Waals surface area contributed by atoms with Crippen LogP contribution in [-0.4, -0.2) is 35.5 Å². The van der Waals surface area contributed by atoms with E-state index in [-0.39, 0.29) is 17.8 Å². The average Bonchev–Trinajstić information content (AvgIpc) is 2.66. The number of carbonyl (C=O) groups is 1. The summed E-state index contributed by atoms with van der Waals surface area (Å²) in [6.07, 6.45) is 4.21. The second-order valence-corrected chi connectivity index (χ2v) is 6.30. The van der Waals surface area contributed by atoms with Crippen LogP contribution in [0.2, 0.25) is 0 Å². The van der Waals surface area contributed by atoms with E-state index in [1.165, 1.54) is 12.1 Å². The van der Waals surface area contributed by atoms with Gasteiger partial charge in [0.1, 0.15) is 5.82 Å². The maximum absolute atomic E-state index is 13.3. The SMILES string of the molecule is Cc1ccc(F)cc1NC(=O)CN1C2CCC1CC(N)C2. The van der Waals surface area contributed by atoms with E-state index in [2.05, 4.69) is 10.2 Å². The molecule has 4 nitrogen and oxygen atoms in total. The van der Waals surface area contributed by atoms with Crippen molar-refractivity contribution in [3.63, 3.8) is 0 Å². The van der Waals surface area contributed by atoms with Crippen LogP contribution < -0.4 is 11.1 Å². The Bertz CT molecular complexity index is 534. The average molecular weight is 291 g/mol. The van der Waals surface area contributed by atoms with Crippen LogP contribution >= 0.6 is 0 Å². The minimum Gasteiger partial charge on any atom is -0.328 e. The fourth-order valence-electron chi connectivity index (χ4n) is 3.66. The maximum Gasteiger partial charge on any atom is 0.238 e. The Hall–Kier alpha value is -1.46. The van der Waals surface area contributed by atoms with Gasteiger partial charge in [0.15, 0.2) is 0 Å². The lowest BCUT2D eigenvalue weighted by molar-refractivity contribution is -0.118. The van der Waals surface area contributed by atoms with Crippen molar-refractivity contribution in [2.45, 2.75) is 50.7 Å². The minimum atomic E-state index is -0.333. The Balaban J connectivity index is 1.63. The van der Waals surface area contributed by atoms with Crippen LogP contribution in [0.3, 0.4) is 0 Å². The Morgan fingerprint density at radius 1 is 1.38 bits per heavy atom. The van der Waals surface area contributed by atoms with Crippen molar-refractivity contribution in [3.8, 4) is 0 Å². The van der Waals surface area contributed by atoms with E-state index in [1.54, 1.807) is 6.07 Å². The van der Waals surface area contributed by atoms with Crippen LogP contribution in [0, 0.1) is 12.7 Å². The highest BCUT2D eigenvalue weighted by atomic mass is 19.1. The molecule has 21 heavy (non-hydrogen) atoms.